The van der Waals surface area contributed by atoms with Crippen LogP contribution >= 0.6 is 0 Å². The summed E-state index contributed by atoms with van der Waals surface area (Å²) in [6.45, 7) is 9.50. The Morgan fingerprint density at radius 2 is 1.23 bits per heavy atom. The number of nitrogens with zero attached hydrogens (tertiary/aromatic N) is 3. The lowest BCUT2D eigenvalue weighted by molar-refractivity contribution is 0.0936. The molecule has 0 bridgehead atoms. The molecule has 2 heterocycles. The van der Waals surface area contributed by atoms with Crippen LogP contribution in [0.5, 0.6) is 0 Å². The lowest BCUT2D eigenvalue weighted by Gasteiger charge is -2.15. The normalized spacial score (nSPS) is 10.1. The van der Waals surface area contributed by atoms with E-state index >= 15 is 0 Å². The number of nitrogens with one attached hydrogen (secondary N) is 3. The van der Waals surface area contributed by atoms with Crippen molar-refractivity contribution in [2.24, 2.45) is 19.8 Å². The van der Waals surface area contributed by atoms with Gasteiger partial charge in [0.05, 0.1) is 11.4 Å². The van der Waals surface area contributed by atoms with Gasteiger partial charge >= 0.3 is 0 Å². The van der Waals surface area contributed by atoms with E-state index in [9.17, 15) is 9.59 Å². The first-order valence-corrected chi connectivity index (χ1v) is 14.0. The largest absolute Gasteiger partial charge is 0.397 e. The first-order chi connectivity index (χ1) is 18.6. The van der Waals surface area contributed by atoms with E-state index in [1.54, 1.807) is 33.7 Å². The van der Waals surface area contributed by atoms with Crippen molar-refractivity contribution < 1.29 is 9.59 Å². The lowest BCUT2D eigenvalue weighted by Crippen LogP contribution is -2.30. The lowest BCUT2D eigenvalue weighted by atomic mass is 10.3. The van der Waals surface area contributed by atoms with Crippen LogP contribution in [0.2, 0.25) is 0 Å². The Morgan fingerprint density at radius 3 is 1.57 bits per heavy atom. The summed E-state index contributed by atoms with van der Waals surface area (Å²) in [7, 11) is 7.67. The fraction of sp³-hybridized carbons (Fsp3) is 0.655. The highest BCUT2D eigenvalue weighted by atomic mass is 16.2. The number of nitrogens with two attached hydrogens (primary N) is 3. The zero-order chi connectivity index (χ0) is 29.6. The fourth-order valence-corrected chi connectivity index (χ4v) is 3.57. The van der Waals surface area contributed by atoms with Gasteiger partial charge in [-0.15, -0.1) is 0 Å². The van der Waals surface area contributed by atoms with Gasteiger partial charge in [0.25, 0.3) is 11.8 Å². The van der Waals surface area contributed by atoms with Crippen molar-refractivity contribution in [2.75, 3.05) is 64.8 Å². The summed E-state index contributed by atoms with van der Waals surface area (Å²) in [4.78, 5) is 25.7. The summed E-state index contributed by atoms with van der Waals surface area (Å²) >= 11 is 0. The molecular weight excluding hydrogens is 506 g/mol. The molecule has 9 N–H and O–H groups in total. The monoisotopic (exact) mass is 565 g/mol. The van der Waals surface area contributed by atoms with Crippen LogP contribution in [0.25, 0.3) is 0 Å². The van der Waals surface area contributed by atoms with Crippen molar-refractivity contribution in [3.8, 4) is 0 Å². The minimum Gasteiger partial charge on any atom is -0.397 e. The van der Waals surface area contributed by atoms with Crippen LogP contribution in [0.1, 0.15) is 80.8 Å². The second-order valence-electron chi connectivity index (χ2n) is 9.66. The van der Waals surface area contributed by atoms with Gasteiger partial charge in [-0.3, -0.25) is 9.59 Å². The van der Waals surface area contributed by atoms with Gasteiger partial charge in [0.2, 0.25) is 0 Å². The van der Waals surface area contributed by atoms with Crippen LogP contribution in [0.4, 0.5) is 11.4 Å². The number of carbonyl (C=O) groups is 2. The summed E-state index contributed by atoms with van der Waals surface area (Å²) < 4.78 is 3.47. The number of amides is 2. The number of unbranched alkanes of at least 4 members (excludes halogenated alkanes) is 2. The number of hydrogen-bond acceptors (Lipinski definition) is 7. The minimum atomic E-state index is -0.0798. The van der Waals surface area contributed by atoms with Crippen LogP contribution in [0.3, 0.4) is 0 Å². The Balaban J connectivity index is 0. The highest BCUT2D eigenvalue weighted by Gasteiger charge is 2.10. The Labute approximate surface area is 243 Å². The van der Waals surface area contributed by atoms with Gasteiger partial charge in [0.15, 0.2) is 0 Å². The molecule has 0 unspecified atom stereocenters. The predicted molar refractivity (Wildman–Crippen MR) is 171 cm³/mol. The fourth-order valence-electron chi connectivity index (χ4n) is 3.57. The van der Waals surface area contributed by atoms with E-state index < -0.39 is 0 Å². The molecule has 0 aliphatic heterocycles. The second-order valence-corrected chi connectivity index (χ2v) is 9.66. The number of aryl methyl sites for hydroxylation is 2. The van der Waals surface area contributed by atoms with E-state index in [1.165, 1.54) is 12.8 Å². The van der Waals surface area contributed by atoms with Gasteiger partial charge in [-0.2, -0.15) is 0 Å². The third-order valence-corrected chi connectivity index (χ3v) is 5.86. The first kappa shape index (κ1) is 39.1. The minimum absolute atomic E-state index is 0. The van der Waals surface area contributed by atoms with Gasteiger partial charge < -0.3 is 47.2 Å². The molecule has 0 aliphatic carbocycles. The zero-order valence-electron chi connectivity index (χ0n) is 25.2. The van der Waals surface area contributed by atoms with Crippen molar-refractivity contribution in [3.63, 3.8) is 0 Å². The molecule has 0 spiro atoms. The maximum atomic E-state index is 11.9. The van der Waals surface area contributed by atoms with Crippen LogP contribution in [-0.2, 0) is 14.1 Å². The zero-order valence-corrected chi connectivity index (χ0v) is 25.2. The molecule has 11 heteroatoms. The van der Waals surface area contributed by atoms with Gasteiger partial charge in [-0.05, 0) is 78.1 Å². The van der Waals surface area contributed by atoms with Crippen molar-refractivity contribution in [3.05, 3.63) is 35.9 Å². The van der Waals surface area contributed by atoms with E-state index in [0.717, 1.165) is 58.4 Å². The topological polar surface area (TPSA) is 161 Å². The van der Waals surface area contributed by atoms with Crippen LogP contribution in [-0.4, -0.2) is 79.2 Å². The molecule has 0 aliphatic rings. The summed E-state index contributed by atoms with van der Waals surface area (Å²) in [5, 5.41) is 8.81. The highest BCUT2D eigenvalue weighted by molar-refractivity contribution is 5.94. The van der Waals surface area contributed by atoms with Crippen molar-refractivity contribution in [2.45, 2.75) is 59.8 Å². The average Bonchev–Trinajstić information content (AvgIpc) is 3.43. The molecule has 2 aromatic rings. The molecule has 0 radical (unpaired) electrons. The van der Waals surface area contributed by atoms with Gasteiger partial charge in [0.1, 0.15) is 11.4 Å². The van der Waals surface area contributed by atoms with Gasteiger partial charge in [-0.1, -0.05) is 34.1 Å². The Hall–Kier alpha value is -3.02. The summed E-state index contributed by atoms with van der Waals surface area (Å²) in [5.41, 5.74) is 19.1. The van der Waals surface area contributed by atoms with E-state index in [0.29, 0.717) is 29.3 Å². The van der Waals surface area contributed by atoms with E-state index in [-0.39, 0.29) is 19.2 Å². The van der Waals surface area contributed by atoms with Crippen LogP contribution in [0, 0.1) is 0 Å². The Kier molecular flexibility index (Phi) is 23.3. The number of rotatable bonds is 15. The number of nitrogen functional groups attached to an aromatic ring is 2. The summed E-state index contributed by atoms with van der Waals surface area (Å²) in [6.07, 6.45) is 10.1. The van der Waals surface area contributed by atoms with Crippen molar-refractivity contribution in [1.29, 1.82) is 0 Å². The van der Waals surface area contributed by atoms with E-state index in [4.69, 9.17) is 17.2 Å². The summed E-state index contributed by atoms with van der Waals surface area (Å²) in [5.74, 6) is -0.138. The third kappa shape index (κ3) is 17.5. The molecule has 0 atom stereocenters. The summed E-state index contributed by atoms with van der Waals surface area (Å²) in [6, 6.07) is 3.37. The molecule has 0 aromatic carbocycles. The first-order valence-electron chi connectivity index (χ1n) is 14.0. The third-order valence-electron chi connectivity index (χ3n) is 5.86. The standard InChI is InChI=1S/C13H25N5O.C10H17N3O.C5H13N.CH4/c1-17(7-3-5-14)8-4-6-16-13(19)12-9-11(15)10-18(12)2;1-3-4-5-12-10(14)9-6-8(11)7-13(9)2;1-3-4-5-6-2;/h9-10H,3-8,14-15H2,1-2H3,(H,16,19);6-7H,3-5,11H2,1-2H3,(H,12,14);6H,3-5H2,1-2H3;1H4. The Bertz CT molecular complexity index is 921. The molecule has 232 valence electrons. The number of aromatic nitrogens is 2. The maximum absolute atomic E-state index is 11.9. The van der Waals surface area contributed by atoms with Crippen molar-refractivity contribution >= 4 is 23.2 Å². The van der Waals surface area contributed by atoms with Gasteiger partial charge in [0, 0.05) is 39.6 Å². The Morgan fingerprint density at radius 1 is 0.800 bits per heavy atom. The van der Waals surface area contributed by atoms with Crippen LogP contribution < -0.4 is 33.2 Å². The SMILES string of the molecule is C.CCCCNC.CCCCNC(=O)c1cc(N)cn1C.CN(CCCN)CCCNC(=O)c1cc(N)cn1C. The molecule has 0 saturated heterocycles. The number of anilines is 2. The molecule has 40 heavy (non-hydrogen) atoms. The number of carbonyl (C=O) groups excluding carboxylic acids is 2. The van der Waals surface area contributed by atoms with E-state index in [2.05, 4.69) is 41.7 Å². The molecule has 0 saturated carbocycles. The van der Waals surface area contributed by atoms with Crippen molar-refractivity contribution in [1.82, 2.24) is 30.0 Å². The van der Waals surface area contributed by atoms with Gasteiger partial charge in [-0.25, -0.2) is 0 Å². The molecule has 2 rings (SSSR count). The quantitative estimate of drug-likeness (QED) is 0.181. The average molecular weight is 566 g/mol. The van der Waals surface area contributed by atoms with E-state index in [1.807, 2.05) is 21.1 Å². The molecule has 11 nitrogen and oxygen atoms in total. The van der Waals surface area contributed by atoms with Crippen LogP contribution in [0.15, 0.2) is 24.5 Å². The molecule has 2 aromatic heterocycles. The smallest absolute Gasteiger partial charge is 0.267 e. The predicted octanol–water partition coefficient (Wildman–Crippen LogP) is 2.79. The molecule has 2 amide bonds. The molecule has 0 fully saturated rings. The second kappa shape index (κ2) is 23.8. The molecular formula is C29H59N9O2. The highest BCUT2D eigenvalue weighted by Crippen LogP contribution is 2.09. The maximum Gasteiger partial charge on any atom is 0.267 e. The number of hydrogen-bond donors (Lipinski definition) is 6.